The first-order valence-corrected chi connectivity index (χ1v) is 11.5. The molecule has 2 aromatic carbocycles. The number of unbranched alkanes of at least 4 members (excludes halogenated alkanes) is 2. The van der Waals surface area contributed by atoms with E-state index in [0.717, 1.165) is 43.2 Å². The lowest BCUT2D eigenvalue weighted by molar-refractivity contribution is -0.130. The number of halogens is 1. The van der Waals surface area contributed by atoms with E-state index in [1.165, 1.54) is 10.9 Å². The van der Waals surface area contributed by atoms with Crippen LogP contribution in [0, 0.1) is 0 Å². The summed E-state index contributed by atoms with van der Waals surface area (Å²) in [6.07, 6.45) is 9.16. The number of aryl methyl sites for hydroxylation is 1. The zero-order chi connectivity index (χ0) is 21.9. The number of nitrogens with one attached hydrogen (secondary N) is 1. The van der Waals surface area contributed by atoms with Crippen LogP contribution >= 0.6 is 11.6 Å². The summed E-state index contributed by atoms with van der Waals surface area (Å²) < 4.78 is 0. The lowest BCUT2D eigenvalue weighted by atomic mass is 10.1. The number of H-pyrrole nitrogens is 1. The molecule has 0 atom stereocenters. The van der Waals surface area contributed by atoms with Crippen LogP contribution in [0.15, 0.2) is 65.8 Å². The number of rotatable bonds is 12. The molecule has 164 valence electrons. The van der Waals surface area contributed by atoms with Gasteiger partial charge in [0.1, 0.15) is 0 Å². The highest BCUT2D eigenvalue weighted by atomic mass is 35.5. The van der Waals surface area contributed by atoms with Gasteiger partial charge in [0.05, 0.1) is 6.54 Å². The first kappa shape index (κ1) is 23.1. The number of hydrogen-bond acceptors (Lipinski definition) is 2. The Morgan fingerprint density at radius 1 is 1.00 bits per heavy atom. The maximum absolute atomic E-state index is 13.0. The molecule has 0 fully saturated rings. The Morgan fingerprint density at radius 3 is 2.58 bits per heavy atom. The fourth-order valence-electron chi connectivity index (χ4n) is 3.80. The van der Waals surface area contributed by atoms with E-state index in [1.807, 2.05) is 47.4 Å². The molecule has 4 nitrogen and oxygen atoms in total. The third kappa shape index (κ3) is 7.27. The van der Waals surface area contributed by atoms with Crippen molar-refractivity contribution in [3.8, 4) is 0 Å². The van der Waals surface area contributed by atoms with Gasteiger partial charge in [0.15, 0.2) is 0 Å². The minimum atomic E-state index is 0.159. The maximum atomic E-state index is 13.0. The van der Waals surface area contributed by atoms with Gasteiger partial charge in [-0.1, -0.05) is 66.6 Å². The second-order valence-electron chi connectivity index (χ2n) is 7.88. The smallest absolute Gasteiger partial charge is 0.222 e. The zero-order valence-corrected chi connectivity index (χ0v) is 18.8. The number of amides is 1. The highest BCUT2D eigenvalue weighted by Gasteiger charge is 2.15. The van der Waals surface area contributed by atoms with Gasteiger partial charge in [0.25, 0.3) is 0 Å². The van der Waals surface area contributed by atoms with E-state index < -0.39 is 0 Å². The summed E-state index contributed by atoms with van der Waals surface area (Å²) in [4.78, 5) is 18.2. The Hall–Kier alpha value is -2.56. The molecular formula is C26H32ClN3O. The molecule has 0 saturated carbocycles. The second-order valence-corrected chi connectivity index (χ2v) is 8.37. The number of benzene rings is 2. The number of aromatic amines is 1. The molecule has 0 aliphatic rings. The maximum Gasteiger partial charge on any atom is 0.222 e. The molecule has 1 amide bonds. The molecule has 31 heavy (non-hydrogen) atoms. The molecule has 0 spiro atoms. The number of carbonyl (C=O) groups is 1. The Kier molecular flexibility index (Phi) is 9.19. The molecule has 1 aromatic heterocycles. The number of aromatic nitrogens is 1. The highest BCUT2D eigenvalue weighted by molar-refractivity contribution is 6.31. The van der Waals surface area contributed by atoms with Crippen LogP contribution in [-0.4, -0.2) is 35.4 Å². The molecule has 1 heterocycles. The van der Waals surface area contributed by atoms with Crippen molar-refractivity contribution in [3.63, 3.8) is 0 Å². The molecule has 5 heteroatoms. The number of hydrogen-bond donors (Lipinski definition) is 2. The van der Waals surface area contributed by atoms with Crippen molar-refractivity contribution in [2.24, 2.45) is 5.73 Å². The molecule has 0 saturated heterocycles. The molecule has 0 aliphatic carbocycles. The average molecular weight is 438 g/mol. The quantitative estimate of drug-likeness (QED) is 0.355. The van der Waals surface area contributed by atoms with Gasteiger partial charge in [0.2, 0.25) is 5.91 Å². The summed E-state index contributed by atoms with van der Waals surface area (Å²) >= 11 is 6.52. The van der Waals surface area contributed by atoms with Gasteiger partial charge < -0.3 is 15.6 Å². The Labute approximate surface area is 190 Å². The van der Waals surface area contributed by atoms with Crippen LogP contribution in [-0.2, 0) is 11.2 Å². The van der Waals surface area contributed by atoms with Crippen molar-refractivity contribution in [2.45, 2.75) is 38.5 Å². The van der Waals surface area contributed by atoms with Crippen LogP contribution in [0.1, 0.15) is 43.2 Å². The molecule has 3 rings (SSSR count). The third-order valence-electron chi connectivity index (χ3n) is 5.46. The number of nitrogens with zero attached hydrogens (tertiary/aromatic N) is 1. The Bertz CT molecular complexity index is 980. The van der Waals surface area contributed by atoms with Crippen LogP contribution < -0.4 is 5.73 Å². The van der Waals surface area contributed by atoms with E-state index in [0.29, 0.717) is 31.1 Å². The van der Waals surface area contributed by atoms with E-state index in [9.17, 15) is 4.79 Å². The van der Waals surface area contributed by atoms with Gasteiger partial charge in [0, 0.05) is 35.1 Å². The summed E-state index contributed by atoms with van der Waals surface area (Å²) in [5.74, 6) is 0.159. The lowest BCUT2D eigenvalue weighted by Gasteiger charge is -2.23. The fraction of sp³-hybridized carbons (Fsp3) is 0.346. The van der Waals surface area contributed by atoms with Crippen molar-refractivity contribution >= 4 is 34.5 Å². The SMILES string of the molecule is NCCCCCN(C/C(Cl)=C/c1ccccc1)C(=O)CCCc1c[nH]c2ccccc12. The fourth-order valence-corrected chi connectivity index (χ4v) is 4.07. The van der Waals surface area contributed by atoms with Crippen molar-refractivity contribution in [2.75, 3.05) is 19.6 Å². The lowest BCUT2D eigenvalue weighted by Crippen LogP contribution is -2.33. The molecule has 0 aliphatic heterocycles. The minimum Gasteiger partial charge on any atom is -0.361 e. The summed E-state index contributed by atoms with van der Waals surface area (Å²) in [6, 6.07) is 18.2. The topological polar surface area (TPSA) is 62.1 Å². The Balaban J connectivity index is 1.57. The van der Waals surface area contributed by atoms with Gasteiger partial charge >= 0.3 is 0 Å². The summed E-state index contributed by atoms with van der Waals surface area (Å²) in [5, 5.41) is 1.91. The number of para-hydroxylation sites is 1. The largest absolute Gasteiger partial charge is 0.361 e. The van der Waals surface area contributed by atoms with E-state index in [4.69, 9.17) is 17.3 Å². The Morgan fingerprint density at radius 2 is 1.77 bits per heavy atom. The standard InChI is InChI=1S/C26H32ClN3O/c27-23(18-21-10-3-1-4-11-21)20-30(17-8-2-7-16-28)26(31)15-9-12-22-19-29-25-14-6-5-13-24(22)25/h1,3-6,10-11,13-14,18-19,29H,2,7-9,12,15-17,20,28H2/b23-18-. The summed E-state index contributed by atoms with van der Waals surface area (Å²) in [6.45, 7) is 1.85. The van der Waals surface area contributed by atoms with E-state index in [1.54, 1.807) is 0 Å². The van der Waals surface area contributed by atoms with Crippen molar-refractivity contribution < 1.29 is 4.79 Å². The molecule has 0 bridgehead atoms. The van der Waals surface area contributed by atoms with Gasteiger partial charge in [-0.05, 0) is 55.5 Å². The van der Waals surface area contributed by atoms with Crippen LogP contribution in [0.2, 0.25) is 0 Å². The van der Waals surface area contributed by atoms with Crippen LogP contribution in [0.3, 0.4) is 0 Å². The average Bonchev–Trinajstić information content (AvgIpc) is 3.19. The van der Waals surface area contributed by atoms with Gasteiger partial charge in [-0.2, -0.15) is 0 Å². The predicted molar refractivity (Wildman–Crippen MR) is 131 cm³/mol. The number of nitrogens with two attached hydrogens (primary N) is 1. The van der Waals surface area contributed by atoms with Gasteiger partial charge in [-0.15, -0.1) is 0 Å². The van der Waals surface area contributed by atoms with Crippen LogP contribution in [0.4, 0.5) is 0 Å². The molecule has 0 radical (unpaired) electrons. The molecular weight excluding hydrogens is 406 g/mol. The normalized spacial score (nSPS) is 11.7. The zero-order valence-electron chi connectivity index (χ0n) is 18.0. The summed E-state index contributed by atoms with van der Waals surface area (Å²) in [7, 11) is 0. The first-order chi connectivity index (χ1) is 15.2. The number of fused-ring (bicyclic) bond motifs is 1. The highest BCUT2D eigenvalue weighted by Crippen LogP contribution is 2.20. The third-order valence-corrected chi connectivity index (χ3v) is 5.69. The second kappa shape index (κ2) is 12.3. The van der Waals surface area contributed by atoms with Crippen molar-refractivity contribution in [1.82, 2.24) is 9.88 Å². The van der Waals surface area contributed by atoms with Gasteiger partial charge in [-0.25, -0.2) is 0 Å². The monoisotopic (exact) mass is 437 g/mol. The number of carbonyl (C=O) groups excluding carboxylic acids is 1. The van der Waals surface area contributed by atoms with Crippen molar-refractivity contribution in [3.05, 3.63) is 77.0 Å². The molecule has 3 N–H and O–H groups in total. The van der Waals surface area contributed by atoms with Gasteiger partial charge in [-0.3, -0.25) is 4.79 Å². The minimum absolute atomic E-state index is 0.159. The van der Waals surface area contributed by atoms with Crippen LogP contribution in [0.25, 0.3) is 17.0 Å². The first-order valence-electron chi connectivity index (χ1n) is 11.1. The van der Waals surface area contributed by atoms with Crippen molar-refractivity contribution in [1.29, 1.82) is 0 Å². The molecule has 0 unspecified atom stereocenters. The van der Waals surface area contributed by atoms with E-state index >= 15 is 0 Å². The van der Waals surface area contributed by atoms with E-state index in [-0.39, 0.29) is 5.91 Å². The summed E-state index contributed by atoms with van der Waals surface area (Å²) in [5.41, 5.74) is 9.06. The van der Waals surface area contributed by atoms with E-state index in [2.05, 4.69) is 29.4 Å². The van der Waals surface area contributed by atoms with Crippen LogP contribution in [0.5, 0.6) is 0 Å². The molecule has 3 aromatic rings. The predicted octanol–water partition coefficient (Wildman–Crippen LogP) is 5.73.